The summed E-state index contributed by atoms with van der Waals surface area (Å²) in [5.74, 6) is -51.0. The van der Waals surface area contributed by atoms with Crippen molar-refractivity contribution in [1.29, 1.82) is 0 Å². The van der Waals surface area contributed by atoms with Crippen molar-refractivity contribution in [2.75, 3.05) is 0 Å². The fourth-order valence-corrected chi connectivity index (χ4v) is 1.14. The van der Waals surface area contributed by atoms with Crippen LogP contribution in [0, 0.1) is 0 Å². The average Bonchev–Trinajstić information content (AvgIpc) is 2.41. The summed E-state index contributed by atoms with van der Waals surface area (Å²) in [4.78, 5) is 0. The van der Waals surface area contributed by atoms with Crippen LogP contribution in [0.5, 0.6) is 0 Å². The Kier molecular flexibility index (Phi) is 11.2. The molecule has 0 saturated carbocycles. The first kappa shape index (κ1) is 36.8. The summed E-state index contributed by atoms with van der Waals surface area (Å²) in [5.41, 5.74) is 0. The summed E-state index contributed by atoms with van der Waals surface area (Å²) in [6.07, 6.45) is -15.6. The van der Waals surface area contributed by atoms with Gasteiger partial charge in [0.15, 0.2) is 0 Å². The molecular weight excluding hydrogens is 573 g/mol. The zero-order valence-corrected chi connectivity index (χ0v) is 13.7. The minimum atomic E-state index is -8.72. The van der Waals surface area contributed by atoms with Gasteiger partial charge in [0, 0.05) is 0 Å². The average molecular weight is 576 g/mol. The molecular formula is C8H3F18KO4S. The van der Waals surface area contributed by atoms with Gasteiger partial charge >= 0.3 is 110 Å². The van der Waals surface area contributed by atoms with Gasteiger partial charge in [-0.25, -0.2) is 0 Å². The molecule has 0 aliphatic carbocycles. The second kappa shape index (κ2) is 9.71. The maximum atomic E-state index is 12.8. The van der Waals surface area contributed by atoms with Gasteiger partial charge in [-0.15, -0.1) is 0 Å². The monoisotopic (exact) mass is 576 g/mol. The summed E-state index contributed by atoms with van der Waals surface area (Å²) in [6, 6.07) is 0. The molecule has 0 radical (unpaired) electrons. The fraction of sp³-hybridized carbons (Fsp3) is 1.00. The SMILES string of the molecule is FC(F)(F)C(F)(F)C(F)(F)C(F)(F)C(F)(F)C(F)(F)C(F)(F)C(F)(F)F.O=S(=O)(O)O.[KH]. The number of hydrogen-bond acceptors (Lipinski definition) is 2. The van der Waals surface area contributed by atoms with Gasteiger partial charge in [-0.2, -0.15) is 87.4 Å². The van der Waals surface area contributed by atoms with E-state index in [0.29, 0.717) is 0 Å². The summed E-state index contributed by atoms with van der Waals surface area (Å²) in [6.45, 7) is 0. The van der Waals surface area contributed by atoms with E-state index < -0.39 is 58.3 Å². The van der Waals surface area contributed by atoms with Crippen LogP contribution in [0.25, 0.3) is 0 Å². The first-order valence-corrected chi connectivity index (χ1v) is 7.25. The summed E-state index contributed by atoms with van der Waals surface area (Å²) < 4.78 is 252. The van der Waals surface area contributed by atoms with E-state index >= 15 is 0 Å². The third-order valence-corrected chi connectivity index (χ3v) is 2.68. The van der Waals surface area contributed by atoms with Gasteiger partial charge in [-0.05, 0) is 0 Å². The molecule has 0 aliphatic heterocycles. The van der Waals surface area contributed by atoms with Crippen LogP contribution >= 0.6 is 0 Å². The third kappa shape index (κ3) is 6.47. The molecule has 4 nitrogen and oxygen atoms in total. The van der Waals surface area contributed by atoms with E-state index in [9.17, 15) is 79.0 Å². The molecule has 0 aromatic carbocycles. The molecule has 24 heteroatoms. The molecule has 0 unspecified atom stereocenters. The van der Waals surface area contributed by atoms with E-state index in [4.69, 9.17) is 17.5 Å². The van der Waals surface area contributed by atoms with Crippen molar-refractivity contribution in [3.8, 4) is 0 Å². The van der Waals surface area contributed by atoms with Crippen LogP contribution in [0.4, 0.5) is 79.0 Å². The molecule has 0 bridgehead atoms. The van der Waals surface area contributed by atoms with E-state index in [1.807, 2.05) is 0 Å². The molecule has 2 N–H and O–H groups in total. The van der Waals surface area contributed by atoms with Gasteiger partial charge in [-0.3, -0.25) is 9.11 Å². The van der Waals surface area contributed by atoms with E-state index in [0.717, 1.165) is 0 Å². The van der Waals surface area contributed by atoms with Crippen LogP contribution in [-0.2, 0) is 10.4 Å². The standard InChI is InChI=1S/C8F18.K.H2O4S.H/c9-1(10,3(13,14)5(17,18)7(21,22)23)2(11,12)4(15,16)6(19,20)8(24,25)26;;1-5(2,3)4;/h;;(H2,1,2,3,4);. The molecule has 0 saturated heterocycles. The van der Waals surface area contributed by atoms with Gasteiger partial charge in [0.05, 0.1) is 0 Å². The second-order valence-electron chi connectivity index (χ2n) is 4.89. The number of rotatable bonds is 5. The first-order valence-electron chi connectivity index (χ1n) is 5.85. The number of alkyl halides is 18. The van der Waals surface area contributed by atoms with Crippen molar-refractivity contribution in [3.63, 3.8) is 0 Å². The molecule has 0 heterocycles. The van der Waals surface area contributed by atoms with Gasteiger partial charge < -0.3 is 0 Å². The summed E-state index contributed by atoms with van der Waals surface area (Å²) >= 11 is 0. The van der Waals surface area contributed by atoms with Crippen molar-refractivity contribution >= 4 is 61.8 Å². The summed E-state index contributed by atoms with van der Waals surface area (Å²) in [7, 11) is -4.67. The zero-order chi connectivity index (χ0) is 26.5. The second-order valence-corrected chi connectivity index (χ2v) is 5.79. The van der Waals surface area contributed by atoms with Crippen molar-refractivity contribution in [3.05, 3.63) is 0 Å². The van der Waals surface area contributed by atoms with Gasteiger partial charge in [0.2, 0.25) is 0 Å². The van der Waals surface area contributed by atoms with Crippen LogP contribution < -0.4 is 0 Å². The Morgan fingerprint density at radius 3 is 0.562 bits per heavy atom. The number of hydrogen-bond donors (Lipinski definition) is 2. The number of halogens is 18. The molecule has 0 aromatic heterocycles. The normalized spacial score (nSPS) is 15.5. The Bertz CT molecular complexity index is 681. The molecule has 32 heavy (non-hydrogen) atoms. The van der Waals surface area contributed by atoms with Crippen molar-refractivity contribution < 1.29 is 96.6 Å². The quantitative estimate of drug-likeness (QED) is 0.285. The Morgan fingerprint density at radius 1 is 0.375 bits per heavy atom. The molecule has 0 fully saturated rings. The van der Waals surface area contributed by atoms with E-state index in [1.165, 1.54) is 0 Å². The van der Waals surface area contributed by atoms with Crippen LogP contribution in [0.1, 0.15) is 0 Å². The first-order chi connectivity index (χ1) is 12.8. The van der Waals surface area contributed by atoms with Crippen molar-refractivity contribution in [2.24, 2.45) is 0 Å². The van der Waals surface area contributed by atoms with Gasteiger partial charge in [0.1, 0.15) is 0 Å². The molecule has 192 valence electrons. The van der Waals surface area contributed by atoms with Crippen LogP contribution in [0.15, 0.2) is 0 Å². The van der Waals surface area contributed by atoms with E-state index in [-0.39, 0.29) is 51.4 Å². The fourth-order valence-electron chi connectivity index (χ4n) is 1.14. The molecule has 0 amide bonds. The Labute approximate surface area is 205 Å². The van der Waals surface area contributed by atoms with E-state index in [2.05, 4.69) is 0 Å². The Hall–Kier alpha value is 0.246. The Morgan fingerprint density at radius 2 is 0.469 bits per heavy atom. The van der Waals surface area contributed by atoms with Gasteiger partial charge in [0.25, 0.3) is 0 Å². The maximum absolute atomic E-state index is 12.8. The zero-order valence-electron chi connectivity index (χ0n) is 12.9. The van der Waals surface area contributed by atoms with Crippen molar-refractivity contribution in [1.82, 2.24) is 0 Å². The topological polar surface area (TPSA) is 74.6 Å². The van der Waals surface area contributed by atoms with Gasteiger partial charge in [-0.1, -0.05) is 0 Å². The predicted molar refractivity (Wildman–Crippen MR) is 63.1 cm³/mol. The third-order valence-electron chi connectivity index (χ3n) is 2.68. The minimum absolute atomic E-state index is 0. The predicted octanol–water partition coefficient (Wildman–Crippen LogP) is 4.62. The van der Waals surface area contributed by atoms with E-state index in [1.54, 1.807) is 0 Å². The molecule has 0 rings (SSSR count). The Balaban J connectivity index is -0.00000125. The van der Waals surface area contributed by atoms with Crippen molar-refractivity contribution in [2.45, 2.75) is 47.9 Å². The van der Waals surface area contributed by atoms with Crippen LogP contribution in [0.2, 0.25) is 0 Å². The summed E-state index contributed by atoms with van der Waals surface area (Å²) in [5, 5.41) is 0. The van der Waals surface area contributed by atoms with Crippen LogP contribution in [0.3, 0.4) is 0 Å². The van der Waals surface area contributed by atoms with Crippen LogP contribution in [-0.4, -0.2) is 117 Å². The molecule has 0 aliphatic rings. The molecule has 0 aromatic rings. The molecule has 0 atom stereocenters. The molecule has 0 spiro atoms.